The van der Waals surface area contributed by atoms with E-state index in [4.69, 9.17) is 14.2 Å². The van der Waals surface area contributed by atoms with Gasteiger partial charge in [0.1, 0.15) is 12.4 Å². The van der Waals surface area contributed by atoms with Crippen molar-refractivity contribution < 1.29 is 19.0 Å². The van der Waals surface area contributed by atoms with Crippen molar-refractivity contribution >= 4 is 5.91 Å². The Morgan fingerprint density at radius 3 is 3.06 bits per heavy atom. The molecule has 1 aliphatic heterocycles. The van der Waals surface area contributed by atoms with Crippen LogP contribution in [0.3, 0.4) is 0 Å². The summed E-state index contributed by atoms with van der Waals surface area (Å²) in [6.45, 7) is 3.01. The van der Waals surface area contributed by atoms with Crippen LogP contribution in [0, 0.1) is 0 Å². The van der Waals surface area contributed by atoms with E-state index in [1.54, 1.807) is 6.07 Å². The molecule has 0 fully saturated rings. The molecular formula is C12H15NO4. The largest absolute Gasteiger partial charge is 0.492 e. The van der Waals surface area contributed by atoms with Crippen LogP contribution in [0.4, 0.5) is 0 Å². The second-order valence-corrected chi connectivity index (χ2v) is 3.57. The number of carbonyl (C=O) groups is 1. The number of ether oxygens (including phenoxy) is 3. The van der Waals surface area contributed by atoms with Gasteiger partial charge >= 0.3 is 0 Å². The minimum absolute atomic E-state index is 0.0271. The van der Waals surface area contributed by atoms with Crippen molar-refractivity contribution in [2.75, 3.05) is 19.9 Å². The zero-order chi connectivity index (χ0) is 12.1. The van der Waals surface area contributed by atoms with Gasteiger partial charge in [-0.1, -0.05) is 6.92 Å². The molecule has 2 rings (SSSR count). The highest BCUT2D eigenvalue weighted by Crippen LogP contribution is 2.34. The highest BCUT2D eigenvalue weighted by molar-refractivity contribution is 5.75. The van der Waals surface area contributed by atoms with Gasteiger partial charge in [-0.15, -0.1) is 0 Å². The second-order valence-electron chi connectivity index (χ2n) is 3.57. The summed E-state index contributed by atoms with van der Waals surface area (Å²) in [7, 11) is 0. The zero-order valence-electron chi connectivity index (χ0n) is 9.69. The molecule has 92 valence electrons. The highest BCUT2D eigenvalue weighted by Gasteiger charge is 2.13. The number of nitrogens with one attached hydrogen (secondary N) is 1. The maximum absolute atomic E-state index is 11.0. The van der Waals surface area contributed by atoms with Crippen molar-refractivity contribution in [3.8, 4) is 17.2 Å². The molecule has 1 aliphatic rings. The maximum atomic E-state index is 11.0. The molecule has 1 N–H and O–H groups in total. The number of amides is 1. The molecule has 17 heavy (non-hydrogen) atoms. The molecule has 0 radical (unpaired) electrons. The number of fused-ring (bicyclic) bond motifs is 1. The van der Waals surface area contributed by atoms with Crippen LogP contribution in [0.5, 0.6) is 17.2 Å². The highest BCUT2D eigenvalue weighted by atomic mass is 16.7. The smallest absolute Gasteiger partial charge is 0.231 e. The summed E-state index contributed by atoms with van der Waals surface area (Å²) in [6, 6.07) is 5.40. The Bertz CT molecular complexity index is 405. The van der Waals surface area contributed by atoms with Gasteiger partial charge in [-0.3, -0.25) is 4.79 Å². The van der Waals surface area contributed by atoms with E-state index in [1.807, 2.05) is 19.1 Å². The van der Waals surface area contributed by atoms with Crippen LogP contribution >= 0.6 is 0 Å². The first-order chi connectivity index (χ1) is 8.29. The third kappa shape index (κ3) is 3.03. The molecule has 0 atom stereocenters. The van der Waals surface area contributed by atoms with Gasteiger partial charge < -0.3 is 19.5 Å². The number of carbonyl (C=O) groups excluding carboxylic acids is 1. The Balaban J connectivity index is 1.78. The van der Waals surface area contributed by atoms with Crippen molar-refractivity contribution in [1.29, 1.82) is 0 Å². The van der Waals surface area contributed by atoms with Gasteiger partial charge in [-0.25, -0.2) is 0 Å². The third-order valence-electron chi connectivity index (χ3n) is 2.36. The number of rotatable bonds is 5. The molecule has 0 aliphatic carbocycles. The standard InChI is InChI=1S/C12H15NO4/c1-2-12(14)13-5-6-15-9-3-4-10-11(7-9)17-8-16-10/h3-4,7H,2,5-6,8H2,1H3,(H,13,14). The van der Waals surface area contributed by atoms with Crippen LogP contribution in [-0.4, -0.2) is 25.9 Å². The summed E-state index contributed by atoms with van der Waals surface area (Å²) in [5.74, 6) is 2.16. The van der Waals surface area contributed by atoms with E-state index in [-0.39, 0.29) is 12.7 Å². The van der Waals surface area contributed by atoms with Crippen molar-refractivity contribution in [2.24, 2.45) is 0 Å². The Labute approximate surface area is 99.7 Å². The first kappa shape index (κ1) is 11.6. The fourth-order valence-electron chi connectivity index (χ4n) is 1.45. The Hall–Kier alpha value is -1.91. The lowest BCUT2D eigenvalue weighted by atomic mass is 10.3. The molecule has 0 bridgehead atoms. The quantitative estimate of drug-likeness (QED) is 0.785. The van der Waals surface area contributed by atoms with Crippen LogP contribution in [-0.2, 0) is 4.79 Å². The van der Waals surface area contributed by atoms with Crippen molar-refractivity contribution in [1.82, 2.24) is 5.32 Å². The van der Waals surface area contributed by atoms with Crippen molar-refractivity contribution in [2.45, 2.75) is 13.3 Å². The van der Waals surface area contributed by atoms with Crippen LogP contribution in [0.1, 0.15) is 13.3 Å². The SMILES string of the molecule is CCC(=O)NCCOc1ccc2c(c1)OCO2. The molecule has 0 aromatic heterocycles. The van der Waals surface area contributed by atoms with Crippen LogP contribution in [0.25, 0.3) is 0 Å². The Kier molecular flexibility index (Phi) is 3.69. The van der Waals surface area contributed by atoms with E-state index in [0.717, 1.165) is 5.75 Å². The molecular weight excluding hydrogens is 222 g/mol. The summed E-state index contributed by atoms with van der Waals surface area (Å²) in [5.41, 5.74) is 0. The summed E-state index contributed by atoms with van der Waals surface area (Å²) >= 11 is 0. The van der Waals surface area contributed by atoms with Gasteiger partial charge in [-0.2, -0.15) is 0 Å². The maximum Gasteiger partial charge on any atom is 0.231 e. The molecule has 0 spiro atoms. The third-order valence-corrected chi connectivity index (χ3v) is 2.36. The molecule has 0 saturated heterocycles. The van der Waals surface area contributed by atoms with Crippen molar-refractivity contribution in [3.05, 3.63) is 18.2 Å². The number of benzene rings is 1. The molecule has 1 aromatic rings. The predicted molar refractivity (Wildman–Crippen MR) is 61.4 cm³/mol. The fourth-order valence-corrected chi connectivity index (χ4v) is 1.45. The van der Waals surface area contributed by atoms with Crippen molar-refractivity contribution in [3.63, 3.8) is 0 Å². The Morgan fingerprint density at radius 2 is 2.24 bits per heavy atom. The average Bonchev–Trinajstić information content (AvgIpc) is 2.81. The van der Waals surface area contributed by atoms with Gasteiger partial charge in [0.2, 0.25) is 12.7 Å². The Morgan fingerprint density at radius 1 is 1.41 bits per heavy atom. The molecule has 5 heteroatoms. The van der Waals surface area contributed by atoms with E-state index < -0.39 is 0 Å². The van der Waals surface area contributed by atoms with Crippen LogP contribution in [0.15, 0.2) is 18.2 Å². The monoisotopic (exact) mass is 237 g/mol. The van der Waals surface area contributed by atoms with E-state index in [1.165, 1.54) is 0 Å². The molecule has 0 saturated carbocycles. The lowest BCUT2D eigenvalue weighted by molar-refractivity contribution is -0.120. The first-order valence-corrected chi connectivity index (χ1v) is 5.58. The summed E-state index contributed by atoms with van der Waals surface area (Å²) in [5, 5.41) is 2.74. The average molecular weight is 237 g/mol. The molecule has 5 nitrogen and oxygen atoms in total. The zero-order valence-corrected chi connectivity index (χ0v) is 9.69. The van der Waals surface area contributed by atoms with E-state index in [0.29, 0.717) is 31.1 Å². The predicted octanol–water partition coefficient (Wildman–Crippen LogP) is 1.32. The van der Waals surface area contributed by atoms with Crippen LogP contribution in [0.2, 0.25) is 0 Å². The first-order valence-electron chi connectivity index (χ1n) is 5.58. The lowest BCUT2D eigenvalue weighted by Crippen LogP contribution is -2.27. The normalized spacial score (nSPS) is 12.3. The van der Waals surface area contributed by atoms with E-state index in [2.05, 4.69) is 5.32 Å². The minimum Gasteiger partial charge on any atom is -0.492 e. The number of hydrogen-bond donors (Lipinski definition) is 1. The lowest BCUT2D eigenvalue weighted by Gasteiger charge is -2.07. The van der Waals surface area contributed by atoms with Gasteiger partial charge in [0, 0.05) is 12.5 Å². The topological polar surface area (TPSA) is 56.8 Å². The summed E-state index contributed by atoms with van der Waals surface area (Å²) in [4.78, 5) is 11.0. The molecule has 1 amide bonds. The molecule has 0 unspecified atom stereocenters. The van der Waals surface area contributed by atoms with Gasteiger partial charge in [-0.05, 0) is 12.1 Å². The second kappa shape index (κ2) is 5.43. The number of hydrogen-bond acceptors (Lipinski definition) is 4. The summed E-state index contributed by atoms with van der Waals surface area (Å²) in [6.07, 6.45) is 0.490. The van der Waals surface area contributed by atoms with E-state index in [9.17, 15) is 4.79 Å². The van der Waals surface area contributed by atoms with E-state index >= 15 is 0 Å². The molecule has 1 heterocycles. The summed E-state index contributed by atoms with van der Waals surface area (Å²) < 4.78 is 15.9. The minimum atomic E-state index is 0.0271. The van der Waals surface area contributed by atoms with Gasteiger partial charge in [0.25, 0.3) is 0 Å². The van der Waals surface area contributed by atoms with Gasteiger partial charge in [0.15, 0.2) is 11.5 Å². The molecule has 1 aromatic carbocycles. The van der Waals surface area contributed by atoms with Gasteiger partial charge in [0.05, 0.1) is 6.54 Å². The fraction of sp³-hybridized carbons (Fsp3) is 0.417. The van der Waals surface area contributed by atoms with Crippen LogP contribution < -0.4 is 19.5 Å².